The first-order valence-corrected chi connectivity index (χ1v) is 10.7. The second kappa shape index (κ2) is 9.74. The van der Waals surface area contributed by atoms with E-state index in [9.17, 15) is 9.59 Å². The molecular formula is C24H27N3O5. The van der Waals surface area contributed by atoms with Crippen LogP contribution in [-0.2, 0) is 20.9 Å². The van der Waals surface area contributed by atoms with Gasteiger partial charge in [-0.25, -0.2) is 10.3 Å². The highest BCUT2D eigenvalue weighted by Crippen LogP contribution is 2.32. The molecule has 2 amide bonds. The minimum atomic E-state index is -0.602. The quantitative estimate of drug-likeness (QED) is 0.722. The fourth-order valence-electron chi connectivity index (χ4n) is 3.77. The molecule has 2 aliphatic rings. The van der Waals surface area contributed by atoms with Gasteiger partial charge in [0, 0.05) is 38.6 Å². The molecule has 2 aromatic carbocycles. The van der Waals surface area contributed by atoms with Crippen LogP contribution in [0.1, 0.15) is 25.3 Å². The van der Waals surface area contributed by atoms with Gasteiger partial charge in [0.05, 0.1) is 0 Å². The first-order valence-electron chi connectivity index (χ1n) is 10.7. The van der Waals surface area contributed by atoms with Crippen LogP contribution in [0.5, 0.6) is 5.75 Å². The first kappa shape index (κ1) is 21.7. The Morgan fingerprint density at radius 3 is 2.44 bits per heavy atom. The smallest absolute Gasteiger partial charge is 0.414 e. The number of hydrogen-bond acceptors (Lipinski definition) is 6. The third-order valence-corrected chi connectivity index (χ3v) is 5.56. The number of hydrogen-bond donors (Lipinski definition) is 2. The zero-order valence-corrected chi connectivity index (χ0v) is 18.0. The normalized spacial score (nSPS) is 17.8. The van der Waals surface area contributed by atoms with Crippen LogP contribution in [-0.4, -0.2) is 41.7 Å². The van der Waals surface area contributed by atoms with E-state index < -0.39 is 17.8 Å². The molecule has 168 valence electrons. The molecule has 2 aliphatic heterocycles. The van der Waals surface area contributed by atoms with E-state index in [1.807, 2.05) is 60.7 Å². The zero-order valence-electron chi connectivity index (χ0n) is 18.0. The van der Waals surface area contributed by atoms with Gasteiger partial charge in [-0.05, 0) is 24.6 Å². The molecule has 1 fully saturated rings. The number of carbonyl (C=O) groups is 2. The van der Waals surface area contributed by atoms with Crippen LogP contribution < -0.4 is 15.5 Å². The lowest BCUT2D eigenvalue weighted by molar-refractivity contribution is -0.144. The number of benzene rings is 2. The van der Waals surface area contributed by atoms with Gasteiger partial charge in [-0.1, -0.05) is 48.5 Å². The van der Waals surface area contributed by atoms with Gasteiger partial charge in [-0.15, -0.1) is 0 Å². The van der Waals surface area contributed by atoms with Gasteiger partial charge in [0.25, 0.3) is 5.91 Å². The van der Waals surface area contributed by atoms with Crippen LogP contribution in [0.25, 0.3) is 0 Å². The SMILES string of the molecule is CC(Oc1ccccc1)C(=O)N1CCC2(C=C(OC(=O)NCc3ccccc3)NO2)CC1. The molecule has 32 heavy (non-hydrogen) atoms. The van der Waals surface area contributed by atoms with E-state index in [0.717, 1.165) is 5.56 Å². The average Bonchev–Trinajstić information content (AvgIpc) is 3.20. The third-order valence-electron chi connectivity index (χ3n) is 5.56. The number of alkyl carbamates (subject to hydrolysis) is 1. The molecule has 2 N–H and O–H groups in total. The number of ether oxygens (including phenoxy) is 2. The van der Waals surface area contributed by atoms with Gasteiger partial charge < -0.3 is 19.7 Å². The molecule has 1 unspecified atom stereocenters. The summed E-state index contributed by atoms with van der Waals surface area (Å²) in [4.78, 5) is 32.3. The lowest BCUT2D eigenvalue weighted by Crippen LogP contribution is -2.50. The van der Waals surface area contributed by atoms with Gasteiger partial charge in [0.15, 0.2) is 6.10 Å². The summed E-state index contributed by atoms with van der Waals surface area (Å²) in [5, 5.41) is 2.71. The summed E-state index contributed by atoms with van der Waals surface area (Å²) in [6.45, 7) is 3.17. The van der Waals surface area contributed by atoms with E-state index in [1.165, 1.54) is 0 Å². The monoisotopic (exact) mass is 437 g/mol. The summed E-state index contributed by atoms with van der Waals surface area (Å²) < 4.78 is 11.1. The van der Waals surface area contributed by atoms with Gasteiger partial charge >= 0.3 is 6.09 Å². The Morgan fingerprint density at radius 1 is 1.09 bits per heavy atom. The van der Waals surface area contributed by atoms with Crippen molar-refractivity contribution >= 4 is 12.0 Å². The van der Waals surface area contributed by atoms with E-state index in [2.05, 4.69) is 10.8 Å². The Labute approximate surface area is 187 Å². The Hall–Kier alpha value is -3.52. The van der Waals surface area contributed by atoms with Crippen molar-refractivity contribution in [3.8, 4) is 5.75 Å². The molecule has 8 nitrogen and oxygen atoms in total. The molecule has 1 saturated heterocycles. The van der Waals surface area contributed by atoms with Crippen molar-refractivity contribution in [3.63, 3.8) is 0 Å². The summed E-state index contributed by atoms with van der Waals surface area (Å²) in [7, 11) is 0. The van der Waals surface area contributed by atoms with Crippen LogP contribution in [0.3, 0.4) is 0 Å². The number of likely N-dealkylation sites (tertiary alicyclic amines) is 1. The zero-order chi connectivity index (χ0) is 22.4. The van der Waals surface area contributed by atoms with E-state index in [-0.39, 0.29) is 11.8 Å². The Morgan fingerprint density at radius 2 is 1.75 bits per heavy atom. The molecule has 0 bridgehead atoms. The lowest BCUT2D eigenvalue weighted by atomic mass is 9.91. The molecule has 4 rings (SSSR count). The largest absolute Gasteiger partial charge is 0.481 e. The van der Waals surface area contributed by atoms with Crippen molar-refractivity contribution in [2.75, 3.05) is 13.1 Å². The van der Waals surface area contributed by atoms with E-state index >= 15 is 0 Å². The molecule has 2 aromatic rings. The number of amides is 2. The van der Waals surface area contributed by atoms with E-state index in [1.54, 1.807) is 17.9 Å². The van der Waals surface area contributed by atoms with Gasteiger partial charge in [0.2, 0.25) is 5.88 Å². The van der Waals surface area contributed by atoms with Gasteiger partial charge in [-0.3, -0.25) is 9.63 Å². The number of nitrogens with zero attached hydrogens (tertiary/aromatic N) is 1. The molecule has 1 atom stereocenters. The van der Waals surface area contributed by atoms with Crippen LogP contribution in [0, 0.1) is 0 Å². The van der Waals surface area contributed by atoms with Crippen LogP contribution in [0.15, 0.2) is 72.6 Å². The fraction of sp³-hybridized carbons (Fsp3) is 0.333. The summed E-state index contributed by atoms with van der Waals surface area (Å²) in [6.07, 6.45) is 1.82. The minimum Gasteiger partial charge on any atom is -0.481 e. The number of nitrogens with one attached hydrogen (secondary N) is 2. The number of piperidine rings is 1. The Balaban J connectivity index is 1.25. The van der Waals surface area contributed by atoms with Crippen molar-refractivity contribution in [3.05, 3.63) is 78.2 Å². The highest BCUT2D eigenvalue weighted by molar-refractivity contribution is 5.81. The number of para-hydroxylation sites is 1. The molecule has 1 spiro atoms. The molecule has 0 saturated carbocycles. The number of carbonyl (C=O) groups excluding carboxylic acids is 2. The summed E-state index contributed by atoms with van der Waals surface area (Å²) in [5.74, 6) is 0.868. The maximum Gasteiger partial charge on any atom is 0.414 e. The van der Waals surface area contributed by atoms with Crippen molar-refractivity contribution in [2.24, 2.45) is 0 Å². The van der Waals surface area contributed by atoms with Crippen LogP contribution >= 0.6 is 0 Å². The summed E-state index contributed by atoms with van der Waals surface area (Å²) in [6, 6.07) is 18.9. The predicted octanol–water partition coefficient (Wildman–Crippen LogP) is 3.12. The van der Waals surface area contributed by atoms with Crippen molar-refractivity contribution in [1.82, 2.24) is 15.7 Å². The van der Waals surface area contributed by atoms with Gasteiger partial charge in [0.1, 0.15) is 11.4 Å². The Bertz CT molecular complexity index is 956. The van der Waals surface area contributed by atoms with Crippen molar-refractivity contribution in [2.45, 2.75) is 38.0 Å². The second-order valence-electron chi connectivity index (χ2n) is 7.90. The van der Waals surface area contributed by atoms with Crippen molar-refractivity contribution in [1.29, 1.82) is 0 Å². The molecule has 0 radical (unpaired) electrons. The molecular weight excluding hydrogens is 410 g/mol. The summed E-state index contributed by atoms with van der Waals surface area (Å²) >= 11 is 0. The average molecular weight is 437 g/mol. The molecule has 2 heterocycles. The standard InChI is InChI=1S/C24H27N3O5/c1-18(30-20-10-6-3-7-11-20)22(28)27-14-12-24(13-15-27)16-21(26-32-24)31-23(29)25-17-19-8-4-2-5-9-19/h2-11,16,18,26H,12-15,17H2,1H3,(H,25,29). The predicted molar refractivity (Wildman–Crippen MR) is 117 cm³/mol. The first-order chi connectivity index (χ1) is 15.5. The van der Waals surface area contributed by atoms with Crippen molar-refractivity contribution < 1.29 is 23.9 Å². The van der Waals surface area contributed by atoms with Gasteiger partial charge in [-0.2, -0.15) is 0 Å². The van der Waals surface area contributed by atoms with E-state index in [0.29, 0.717) is 38.2 Å². The highest BCUT2D eigenvalue weighted by atomic mass is 16.7. The Kier molecular flexibility index (Phi) is 6.61. The second-order valence-corrected chi connectivity index (χ2v) is 7.90. The maximum atomic E-state index is 12.8. The fourth-order valence-corrected chi connectivity index (χ4v) is 3.77. The third kappa shape index (κ3) is 5.39. The highest BCUT2D eigenvalue weighted by Gasteiger charge is 2.41. The molecule has 0 aromatic heterocycles. The molecule has 8 heteroatoms. The minimum absolute atomic E-state index is 0.0598. The topological polar surface area (TPSA) is 89.1 Å². The lowest BCUT2D eigenvalue weighted by Gasteiger charge is -2.37. The van der Waals surface area contributed by atoms with E-state index in [4.69, 9.17) is 14.3 Å². The number of rotatable bonds is 6. The van der Waals surface area contributed by atoms with Crippen LogP contribution in [0.2, 0.25) is 0 Å². The van der Waals surface area contributed by atoms with Crippen LogP contribution in [0.4, 0.5) is 4.79 Å². The molecule has 0 aliphatic carbocycles. The number of hydroxylamine groups is 1. The maximum absolute atomic E-state index is 12.8. The summed E-state index contributed by atoms with van der Waals surface area (Å²) in [5.41, 5.74) is 3.07.